The monoisotopic (exact) mass is 360 g/mol. The van der Waals surface area contributed by atoms with E-state index in [1.54, 1.807) is 12.3 Å². The molecule has 0 fully saturated rings. The van der Waals surface area contributed by atoms with Gasteiger partial charge in [-0.1, -0.05) is 44.2 Å². The summed E-state index contributed by atoms with van der Waals surface area (Å²) in [7, 11) is 0. The minimum atomic E-state index is -0.176. The van der Waals surface area contributed by atoms with Gasteiger partial charge in [0.2, 0.25) is 0 Å². The van der Waals surface area contributed by atoms with Crippen LogP contribution in [0.3, 0.4) is 0 Å². The predicted molar refractivity (Wildman–Crippen MR) is 99.6 cm³/mol. The third kappa shape index (κ3) is 2.99. The fraction of sp³-hybridized carbons (Fsp3) is 0.300. The molecule has 3 heterocycles. The van der Waals surface area contributed by atoms with Crippen molar-refractivity contribution >= 4 is 5.91 Å². The van der Waals surface area contributed by atoms with Crippen LogP contribution in [0.15, 0.2) is 42.6 Å². The van der Waals surface area contributed by atoms with Gasteiger partial charge in [-0.2, -0.15) is 10.4 Å². The fourth-order valence-corrected chi connectivity index (χ4v) is 3.55. The second-order valence-electron chi connectivity index (χ2n) is 6.98. The molecule has 1 aromatic carbocycles. The first-order chi connectivity index (χ1) is 13.1. The first-order valence-corrected chi connectivity index (χ1v) is 8.98. The SMILES string of the molecule is CC(C)[C@H]1c2nc(-c3ccccc3)nn2CCN1C(=O)c1cc(C#N)c[nH]1. The summed E-state index contributed by atoms with van der Waals surface area (Å²) < 4.78 is 1.91. The zero-order valence-electron chi connectivity index (χ0n) is 15.3. The molecular weight excluding hydrogens is 340 g/mol. The molecule has 0 radical (unpaired) electrons. The zero-order chi connectivity index (χ0) is 19.0. The summed E-state index contributed by atoms with van der Waals surface area (Å²) in [6, 6.07) is 13.3. The largest absolute Gasteiger partial charge is 0.356 e. The topological polar surface area (TPSA) is 90.6 Å². The van der Waals surface area contributed by atoms with E-state index in [0.29, 0.717) is 30.2 Å². The molecule has 0 saturated carbocycles. The van der Waals surface area contributed by atoms with Gasteiger partial charge in [-0.05, 0) is 12.0 Å². The van der Waals surface area contributed by atoms with E-state index in [1.807, 2.05) is 46.0 Å². The van der Waals surface area contributed by atoms with Gasteiger partial charge in [0.05, 0.1) is 18.2 Å². The second-order valence-corrected chi connectivity index (χ2v) is 6.98. The van der Waals surface area contributed by atoms with Crippen LogP contribution < -0.4 is 0 Å². The van der Waals surface area contributed by atoms with E-state index in [9.17, 15) is 4.79 Å². The number of rotatable bonds is 3. The number of amides is 1. The van der Waals surface area contributed by atoms with E-state index < -0.39 is 0 Å². The van der Waals surface area contributed by atoms with Crippen molar-refractivity contribution in [3.63, 3.8) is 0 Å². The molecule has 4 rings (SSSR count). The molecular formula is C20H20N6O. The third-order valence-electron chi connectivity index (χ3n) is 4.82. The molecule has 3 aromatic rings. The molecule has 1 N–H and O–H groups in total. The lowest BCUT2D eigenvalue weighted by molar-refractivity contribution is 0.0531. The molecule has 0 unspecified atom stereocenters. The molecule has 7 nitrogen and oxygen atoms in total. The van der Waals surface area contributed by atoms with Crippen LogP contribution >= 0.6 is 0 Å². The zero-order valence-corrected chi connectivity index (χ0v) is 15.3. The number of hydrogen-bond acceptors (Lipinski definition) is 4. The van der Waals surface area contributed by atoms with E-state index in [4.69, 9.17) is 10.2 Å². The average Bonchev–Trinajstić information content (AvgIpc) is 3.34. The van der Waals surface area contributed by atoms with Gasteiger partial charge in [0, 0.05) is 18.3 Å². The maximum atomic E-state index is 13.1. The Kier molecular flexibility index (Phi) is 4.24. The van der Waals surface area contributed by atoms with Crippen molar-refractivity contribution in [3.8, 4) is 17.5 Å². The highest BCUT2D eigenvalue weighted by Crippen LogP contribution is 2.33. The number of hydrogen-bond donors (Lipinski definition) is 1. The maximum absolute atomic E-state index is 13.1. The normalized spacial score (nSPS) is 16.2. The van der Waals surface area contributed by atoms with E-state index >= 15 is 0 Å². The number of aromatic nitrogens is 4. The number of nitriles is 1. The van der Waals surface area contributed by atoms with Gasteiger partial charge >= 0.3 is 0 Å². The van der Waals surface area contributed by atoms with Gasteiger partial charge < -0.3 is 9.88 Å². The van der Waals surface area contributed by atoms with Crippen LogP contribution in [0.1, 0.15) is 41.8 Å². The number of carbonyl (C=O) groups is 1. The first-order valence-electron chi connectivity index (χ1n) is 8.98. The molecule has 0 bridgehead atoms. The molecule has 0 aliphatic carbocycles. The van der Waals surface area contributed by atoms with Crippen LogP contribution in [-0.4, -0.2) is 37.1 Å². The second kappa shape index (κ2) is 6.72. The molecule has 0 saturated heterocycles. The number of nitrogens with one attached hydrogen (secondary N) is 1. The Balaban J connectivity index is 1.70. The van der Waals surface area contributed by atoms with Crippen molar-refractivity contribution in [2.24, 2.45) is 5.92 Å². The van der Waals surface area contributed by atoms with Crippen molar-refractivity contribution in [1.29, 1.82) is 5.26 Å². The number of carbonyl (C=O) groups excluding carboxylic acids is 1. The van der Waals surface area contributed by atoms with Crippen molar-refractivity contribution in [2.75, 3.05) is 6.54 Å². The van der Waals surface area contributed by atoms with Crippen LogP contribution in [-0.2, 0) is 6.54 Å². The van der Waals surface area contributed by atoms with Crippen molar-refractivity contribution in [2.45, 2.75) is 26.4 Å². The Morgan fingerprint density at radius 1 is 1.30 bits per heavy atom. The molecule has 1 aliphatic heterocycles. The highest BCUT2D eigenvalue weighted by Gasteiger charge is 2.36. The maximum Gasteiger partial charge on any atom is 0.271 e. The van der Waals surface area contributed by atoms with Gasteiger partial charge in [-0.3, -0.25) is 4.79 Å². The fourth-order valence-electron chi connectivity index (χ4n) is 3.55. The summed E-state index contributed by atoms with van der Waals surface area (Å²) in [5.74, 6) is 1.53. The van der Waals surface area contributed by atoms with Gasteiger partial charge in [0.25, 0.3) is 5.91 Å². The molecule has 2 aromatic heterocycles. The number of fused-ring (bicyclic) bond motifs is 1. The molecule has 1 atom stereocenters. The lowest BCUT2D eigenvalue weighted by atomic mass is 9.99. The van der Waals surface area contributed by atoms with Crippen LogP contribution in [0, 0.1) is 17.2 Å². The highest BCUT2D eigenvalue weighted by molar-refractivity contribution is 5.93. The first kappa shape index (κ1) is 17.0. The Morgan fingerprint density at radius 2 is 2.07 bits per heavy atom. The Bertz CT molecular complexity index is 1010. The minimum absolute atomic E-state index is 0.120. The van der Waals surface area contributed by atoms with Crippen LogP contribution in [0.2, 0.25) is 0 Å². The quantitative estimate of drug-likeness (QED) is 0.777. The predicted octanol–water partition coefficient (Wildman–Crippen LogP) is 3.00. The standard InChI is InChI=1S/C20H20N6O/c1-13(2)17-19-23-18(15-6-4-3-5-7-15)24-26(19)9-8-25(17)20(27)16-10-14(11-21)12-22-16/h3-7,10,12-13,17,22H,8-9H2,1-2H3/t17-/m0/s1. The van der Waals surface area contributed by atoms with Crippen molar-refractivity contribution < 1.29 is 4.79 Å². The van der Waals surface area contributed by atoms with Crippen LogP contribution in [0.25, 0.3) is 11.4 Å². The summed E-state index contributed by atoms with van der Waals surface area (Å²) in [6.07, 6.45) is 1.55. The van der Waals surface area contributed by atoms with Crippen molar-refractivity contribution in [1.82, 2.24) is 24.6 Å². The summed E-state index contributed by atoms with van der Waals surface area (Å²) in [4.78, 5) is 22.6. The molecule has 1 aliphatic rings. The van der Waals surface area contributed by atoms with Gasteiger partial charge in [-0.15, -0.1) is 0 Å². The van der Waals surface area contributed by atoms with E-state index in [2.05, 4.69) is 23.9 Å². The average molecular weight is 360 g/mol. The van der Waals surface area contributed by atoms with E-state index in [0.717, 1.165) is 11.4 Å². The summed E-state index contributed by atoms with van der Waals surface area (Å²) in [5.41, 5.74) is 1.84. The van der Waals surface area contributed by atoms with E-state index in [1.165, 1.54) is 0 Å². The number of benzene rings is 1. The molecule has 7 heteroatoms. The van der Waals surface area contributed by atoms with E-state index in [-0.39, 0.29) is 17.9 Å². The Hall–Kier alpha value is -3.40. The van der Waals surface area contributed by atoms with Crippen LogP contribution in [0.4, 0.5) is 0 Å². The Labute approximate surface area is 157 Å². The molecule has 0 spiro atoms. The van der Waals surface area contributed by atoms with Gasteiger partial charge in [-0.25, -0.2) is 9.67 Å². The van der Waals surface area contributed by atoms with Crippen molar-refractivity contribution in [3.05, 3.63) is 59.7 Å². The summed E-state index contributed by atoms with van der Waals surface area (Å²) in [6.45, 7) is 5.29. The van der Waals surface area contributed by atoms with Gasteiger partial charge in [0.15, 0.2) is 11.6 Å². The molecule has 136 valence electrons. The molecule has 1 amide bonds. The number of nitrogens with zero attached hydrogens (tertiary/aromatic N) is 5. The third-order valence-corrected chi connectivity index (χ3v) is 4.82. The smallest absolute Gasteiger partial charge is 0.271 e. The minimum Gasteiger partial charge on any atom is -0.356 e. The molecule has 27 heavy (non-hydrogen) atoms. The van der Waals surface area contributed by atoms with Gasteiger partial charge in [0.1, 0.15) is 11.8 Å². The lowest BCUT2D eigenvalue weighted by Gasteiger charge is -2.37. The number of H-pyrrole nitrogens is 1. The van der Waals surface area contributed by atoms with Crippen LogP contribution in [0.5, 0.6) is 0 Å². The Morgan fingerprint density at radius 3 is 2.74 bits per heavy atom. The highest BCUT2D eigenvalue weighted by atomic mass is 16.2. The summed E-state index contributed by atoms with van der Waals surface area (Å²) >= 11 is 0. The summed E-state index contributed by atoms with van der Waals surface area (Å²) in [5, 5.41) is 13.7. The number of aromatic amines is 1. The lowest BCUT2D eigenvalue weighted by Crippen LogP contribution is -2.44.